The van der Waals surface area contributed by atoms with Crippen molar-refractivity contribution in [1.29, 1.82) is 0 Å². The lowest BCUT2D eigenvalue weighted by molar-refractivity contribution is 0.104. The van der Waals surface area contributed by atoms with Gasteiger partial charge in [0.2, 0.25) is 15.6 Å². The number of benzene rings is 6. The van der Waals surface area contributed by atoms with Crippen LogP contribution in [0.3, 0.4) is 0 Å². The van der Waals surface area contributed by atoms with Crippen LogP contribution in [0.2, 0.25) is 10.0 Å². The summed E-state index contributed by atoms with van der Waals surface area (Å²) < 4.78 is 28.5. The van der Waals surface area contributed by atoms with Gasteiger partial charge in [0.25, 0.3) is 0 Å². The first-order valence-electron chi connectivity index (χ1n) is 21.0. The van der Waals surface area contributed by atoms with Crippen molar-refractivity contribution in [3.63, 3.8) is 0 Å². The number of nitrogens with zero attached hydrogens (tertiary/aromatic N) is 4. The molecular weight excluding hydrogens is 844 g/mol. The van der Waals surface area contributed by atoms with Crippen LogP contribution in [0, 0.1) is 27.7 Å². The van der Waals surface area contributed by atoms with Crippen LogP contribution in [0.5, 0.6) is 0 Å². The standard InChI is InChI=1S/C53H46Cl2N4O3S/c1-29(2)37-14-11-15-38(30(3)4)49(37)58-48(20-19-47-51(60)41-13-9-10-18-46(41)63(47,61)62)59(53-52(58)56-44-27-42(54)43(55)28-45(44)57-53)50-39(35-23-31(5)21-32(6)24-35)16-12-17-40(50)36-25-33(7)22-34(8)26-36/h9-30H,1-8H3/b47-19+,48-20+. The van der Waals surface area contributed by atoms with Gasteiger partial charge in [-0.25, -0.2) is 18.4 Å². The average molecular weight is 890 g/mol. The minimum absolute atomic E-state index is 0.00377. The molecule has 0 aliphatic carbocycles. The molecule has 7 nitrogen and oxygen atoms in total. The van der Waals surface area contributed by atoms with Gasteiger partial charge in [0.1, 0.15) is 10.7 Å². The van der Waals surface area contributed by atoms with Crippen molar-refractivity contribution in [3.8, 4) is 22.3 Å². The minimum Gasteiger partial charge on any atom is -0.288 e. The quantitative estimate of drug-likeness (QED) is 0.147. The predicted octanol–water partition coefficient (Wildman–Crippen LogP) is 14.4. The molecule has 0 saturated carbocycles. The van der Waals surface area contributed by atoms with Crippen molar-refractivity contribution < 1.29 is 13.2 Å². The van der Waals surface area contributed by atoms with Gasteiger partial charge in [-0.2, -0.15) is 0 Å². The lowest BCUT2D eigenvalue weighted by Gasteiger charge is -2.32. The van der Waals surface area contributed by atoms with Crippen LogP contribution in [0.4, 0.5) is 23.0 Å². The van der Waals surface area contributed by atoms with Gasteiger partial charge < -0.3 is 0 Å². The number of Topliss-reactive ketones (excluding diaryl/α,β-unsaturated/α-hetero) is 1. The molecule has 9 rings (SSSR count). The second-order valence-corrected chi connectivity index (χ2v) is 19.9. The largest absolute Gasteiger partial charge is 0.288 e. The van der Waals surface area contributed by atoms with Crippen LogP contribution in [-0.2, 0) is 9.84 Å². The van der Waals surface area contributed by atoms with E-state index in [0.29, 0.717) is 38.5 Å². The Morgan fingerprint density at radius 2 is 1.00 bits per heavy atom. The molecule has 3 heterocycles. The van der Waals surface area contributed by atoms with E-state index in [-0.39, 0.29) is 27.2 Å². The van der Waals surface area contributed by atoms with Crippen molar-refractivity contribution in [2.24, 2.45) is 0 Å². The molecule has 1 aromatic heterocycles. The fourth-order valence-corrected chi connectivity index (χ4v) is 11.0. The first-order valence-corrected chi connectivity index (χ1v) is 23.3. The number of hydrogen-bond acceptors (Lipinski definition) is 7. The van der Waals surface area contributed by atoms with Crippen molar-refractivity contribution in [1.82, 2.24) is 9.97 Å². The number of aromatic nitrogens is 2. The number of fused-ring (bicyclic) bond motifs is 3. The molecule has 0 bridgehead atoms. The molecule has 0 radical (unpaired) electrons. The first kappa shape index (κ1) is 42.3. The molecule has 7 aromatic rings. The maximum absolute atomic E-state index is 14.2. The summed E-state index contributed by atoms with van der Waals surface area (Å²) in [7, 11) is -4.15. The molecule has 316 valence electrons. The Bertz CT molecular complexity index is 3130. The van der Waals surface area contributed by atoms with Gasteiger partial charge in [0.05, 0.1) is 37.3 Å². The van der Waals surface area contributed by atoms with Crippen LogP contribution >= 0.6 is 23.2 Å². The summed E-state index contributed by atoms with van der Waals surface area (Å²) >= 11 is 13.4. The summed E-state index contributed by atoms with van der Waals surface area (Å²) in [5, 5.41) is 0.677. The highest BCUT2D eigenvalue weighted by Crippen LogP contribution is 2.56. The van der Waals surface area contributed by atoms with Crippen LogP contribution < -0.4 is 9.80 Å². The summed E-state index contributed by atoms with van der Waals surface area (Å²) in [5.41, 5.74) is 13.2. The number of allylic oxidation sites excluding steroid dienone is 3. The second kappa shape index (κ2) is 15.9. The van der Waals surface area contributed by atoms with Crippen molar-refractivity contribution >= 4 is 72.9 Å². The normalized spacial score (nSPS) is 15.7. The molecule has 2 aliphatic heterocycles. The predicted molar refractivity (Wildman–Crippen MR) is 259 cm³/mol. The third-order valence-electron chi connectivity index (χ3n) is 11.8. The van der Waals surface area contributed by atoms with Gasteiger partial charge >= 0.3 is 0 Å². The minimum atomic E-state index is -4.15. The summed E-state index contributed by atoms with van der Waals surface area (Å²) in [5.74, 6) is 1.10. The van der Waals surface area contributed by atoms with Gasteiger partial charge in [-0.3, -0.25) is 14.6 Å². The van der Waals surface area contributed by atoms with Crippen molar-refractivity contribution in [2.75, 3.05) is 9.80 Å². The highest BCUT2D eigenvalue weighted by Gasteiger charge is 2.43. The molecule has 0 fully saturated rings. The van der Waals surface area contributed by atoms with E-state index in [1.807, 2.05) is 0 Å². The Hall–Kier alpha value is -6.06. The number of sulfone groups is 1. The van der Waals surface area contributed by atoms with Crippen LogP contribution in [0.25, 0.3) is 33.3 Å². The number of carbonyl (C=O) groups excluding carboxylic acids is 1. The lowest BCUT2D eigenvalue weighted by Crippen LogP contribution is -2.25. The van der Waals surface area contributed by atoms with E-state index in [1.54, 1.807) is 36.4 Å². The summed E-state index contributed by atoms with van der Waals surface area (Å²) in [6.45, 7) is 17.0. The van der Waals surface area contributed by atoms with E-state index in [4.69, 9.17) is 33.2 Å². The average Bonchev–Trinajstić information content (AvgIpc) is 3.63. The van der Waals surface area contributed by atoms with Gasteiger partial charge in [0.15, 0.2) is 11.6 Å². The third kappa shape index (κ3) is 7.24. The van der Waals surface area contributed by atoms with Gasteiger partial charge in [0, 0.05) is 16.7 Å². The molecule has 10 heteroatoms. The Morgan fingerprint density at radius 1 is 0.556 bits per heavy atom. The number of carbonyl (C=O) groups is 1. The molecule has 0 spiro atoms. The van der Waals surface area contributed by atoms with E-state index < -0.39 is 15.6 Å². The highest BCUT2D eigenvalue weighted by atomic mass is 35.5. The molecule has 6 aromatic carbocycles. The third-order valence-corrected chi connectivity index (χ3v) is 14.3. The molecular formula is C53H46Cl2N4O3S. The molecule has 0 amide bonds. The molecule has 0 unspecified atom stereocenters. The zero-order valence-electron chi connectivity index (χ0n) is 36.4. The SMILES string of the molecule is Cc1cc(C)cc(-c2cccc(-c3cc(C)cc(C)c3)c2N2/C(=C/C=C3\C(=O)c4ccccc4S3(=O)=O)N(c3c(C(C)C)cccc3C(C)C)c3nc4cc(Cl)c(Cl)cc4nc32)c1. The summed E-state index contributed by atoms with van der Waals surface area (Å²) in [6.07, 6.45) is 3.20. The zero-order valence-corrected chi connectivity index (χ0v) is 38.7. The number of para-hydroxylation sites is 2. The van der Waals surface area contributed by atoms with Crippen LogP contribution in [-0.4, -0.2) is 24.2 Å². The Balaban J connectivity index is 1.48. The van der Waals surface area contributed by atoms with E-state index in [9.17, 15) is 13.2 Å². The second-order valence-electron chi connectivity index (χ2n) is 17.2. The van der Waals surface area contributed by atoms with E-state index in [0.717, 1.165) is 67.0 Å². The van der Waals surface area contributed by atoms with Gasteiger partial charge in [-0.15, -0.1) is 0 Å². The molecule has 0 saturated heterocycles. The number of ketones is 1. The number of hydrogen-bond donors (Lipinski definition) is 0. The Morgan fingerprint density at radius 3 is 1.48 bits per heavy atom. The van der Waals surface area contributed by atoms with E-state index in [2.05, 4.69) is 138 Å². The smallest absolute Gasteiger partial charge is 0.211 e. The molecule has 0 atom stereocenters. The first-order chi connectivity index (χ1) is 30.0. The van der Waals surface area contributed by atoms with Crippen LogP contribution in [0.15, 0.2) is 137 Å². The van der Waals surface area contributed by atoms with Crippen molar-refractivity contribution in [2.45, 2.75) is 72.1 Å². The Labute approximate surface area is 379 Å². The van der Waals surface area contributed by atoms with E-state index >= 15 is 0 Å². The zero-order chi connectivity index (χ0) is 44.6. The number of aryl methyl sites for hydroxylation is 4. The highest BCUT2D eigenvalue weighted by molar-refractivity contribution is 7.97. The topological polar surface area (TPSA) is 83.5 Å². The summed E-state index contributed by atoms with van der Waals surface area (Å²) in [6, 6.07) is 35.5. The van der Waals surface area contributed by atoms with Gasteiger partial charge in [-0.1, -0.05) is 158 Å². The van der Waals surface area contributed by atoms with Crippen LogP contribution in [0.1, 0.15) is 83.3 Å². The fraction of sp³-hybridized carbons (Fsp3) is 0.189. The van der Waals surface area contributed by atoms with Gasteiger partial charge in [-0.05, 0) is 98.2 Å². The molecule has 63 heavy (non-hydrogen) atoms. The number of anilines is 4. The molecule has 2 aliphatic rings. The maximum Gasteiger partial charge on any atom is 0.211 e. The fourth-order valence-electron chi connectivity index (χ4n) is 9.10. The lowest BCUT2D eigenvalue weighted by atomic mass is 9.91. The maximum atomic E-state index is 14.2. The molecule has 0 N–H and O–H groups in total. The Kier molecular flexibility index (Phi) is 10.7. The number of halogens is 2. The summed E-state index contributed by atoms with van der Waals surface area (Å²) in [4.78, 5) is 28.8. The van der Waals surface area contributed by atoms with E-state index in [1.165, 1.54) is 12.1 Å². The monoisotopic (exact) mass is 888 g/mol. The number of rotatable bonds is 7. The van der Waals surface area contributed by atoms with Crippen molar-refractivity contribution in [3.05, 3.63) is 181 Å².